The van der Waals surface area contributed by atoms with Gasteiger partial charge in [-0.1, -0.05) is 6.92 Å². The molecule has 0 aromatic carbocycles. The number of carbonyl (C=O) groups is 4. The van der Waals surface area contributed by atoms with Crippen molar-refractivity contribution < 1.29 is 23.9 Å². The highest BCUT2D eigenvalue weighted by Crippen LogP contribution is 2.30. The first-order valence-electron chi connectivity index (χ1n) is 9.63. The highest BCUT2D eigenvalue weighted by atomic mass is 16.6. The summed E-state index contributed by atoms with van der Waals surface area (Å²) < 4.78 is 5.32. The minimum atomic E-state index is -1.13. The van der Waals surface area contributed by atoms with Crippen LogP contribution in [0.15, 0.2) is 24.5 Å². The third-order valence-electron chi connectivity index (χ3n) is 4.65. The van der Waals surface area contributed by atoms with Crippen molar-refractivity contribution in [3.63, 3.8) is 0 Å². The van der Waals surface area contributed by atoms with Crippen LogP contribution in [0.1, 0.15) is 82.1 Å². The number of aromatic nitrogens is 2. The van der Waals surface area contributed by atoms with Crippen molar-refractivity contribution in [1.29, 1.82) is 0 Å². The number of esters is 1. The van der Waals surface area contributed by atoms with Crippen LogP contribution in [0, 0.1) is 0 Å². The number of hydrogen-bond donors (Lipinski definition) is 1. The van der Waals surface area contributed by atoms with Crippen molar-refractivity contribution in [2.45, 2.75) is 52.2 Å². The summed E-state index contributed by atoms with van der Waals surface area (Å²) in [6, 6.07) is 1.92. The quantitative estimate of drug-likeness (QED) is 0.501. The summed E-state index contributed by atoms with van der Waals surface area (Å²) in [5.41, 5.74) is 5.77. The predicted octanol–water partition coefficient (Wildman–Crippen LogP) is 2.06. The van der Waals surface area contributed by atoms with E-state index in [1.54, 1.807) is 33.8 Å². The lowest BCUT2D eigenvalue weighted by Gasteiger charge is -2.24. The first kappa shape index (κ1) is 21.4. The maximum absolute atomic E-state index is 13.2. The van der Waals surface area contributed by atoms with Gasteiger partial charge in [-0.2, -0.15) is 0 Å². The number of Topliss-reactive ketones (excluding diaryl/α,β-unsaturated/α-hetero) is 1. The number of nitrogens with zero attached hydrogens (tertiary/aromatic N) is 2. The predicted molar refractivity (Wildman–Crippen MR) is 107 cm³/mol. The van der Waals surface area contributed by atoms with Crippen LogP contribution in [0.2, 0.25) is 0 Å². The molecule has 30 heavy (non-hydrogen) atoms. The van der Waals surface area contributed by atoms with Crippen LogP contribution in [0.5, 0.6) is 0 Å². The van der Waals surface area contributed by atoms with Gasteiger partial charge in [-0.05, 0) is 44.9 Å². The molecule has 0 fully saturated rings. The fourth-order valence-corrected chi connectivity index (χ4v) is 3.31. The summed E-state index contributed by atoms with van der Waals surface area (Å²) in [5, 5.41) is 0. The van der Waals surface area contributed by atoms with Gasteiger partial charge in [0.1, 0.15) is 23.0 Å². The van der Waals surface area contributed by atoms with Crippen LogP contribution in [0.3, 0.4) is 0 Å². The molecule has 1 atom stereocenters. The van der Waals surface area contributed by atoms with E-state index in [4.69, 9.17) is 10.5 Å². The zero-order chi connectivity index (χ0) is 22.2. The zero-order valence-corrected chi connectivity index (χ0v) is 17.3. The topological polar surface area (TPSA) is 129 Å². The fourth-order valence-electron chi connectivity index (χ4n) is 3.31. The van der Waals surface area contributed by atoms with Crippen LogP contribution in [0.25, 0.3) is 0 Å². The molecule has 0 amide bonds. The van der Waals surface area contributed by atoms with Crippen molar-refractivity contribution in [2.75, 3.05) is 0 Å². The third-order valence-corrected chi connectivity index (χ3v) is 4.65. The molecule has 3 rings (SSSR count). The molecule has 0 saturated carbocycles. The highest BCUT2D eigenvalue weighted by molar-refractivity contribution is 6.28. The van der Waals surface area contributed by atoms with Crippen LogP contribution >= 0.6 is 0 Å². The summed E-state index contributed by atoms with van der Waals surface area (Å²) in [6.07, 6.45) is 2.70. The zero-order valence-electron chi connectivity index (χ0n) is 17.3. The number of carbonyl (C=O) groups excluding carboxylic acids is 4. The van der Waals surface area contributed by atoms with E-state index in [0.717, 1.165) is 0 Å². The lowest BCUT2D eigenvalue weighted by atomic mass is 9.83. The minimum Gasteiger partial charge on any atom is -0.459 e. The molecule has 0 saturated heterocycles. The third kappa shape index (κ3) is 3.91. The average Bonchev–Trinajstić information content (AvgIpc) is 2.69. The lowest BCUT2D eigenvalue weighted by Crippen LogP contribution is -2.40. The summed E-state index contributed by atoms with van der Waals surface area (Å²) in [5.74, 6) is -1.92. The van der Waals surface area contributed by atoms with E-state index in [-0.39, 0.29) is 52.3 Å². The molecule has 156 valence electrons. The van der Waals surface area contributed by atoms with E-state index in [9.17, 15) is 19.2 Å². The Morgan fingerprint density at radius 3 is 2.47 bits per heavy atom. The average molecular weight is 409 g/mol. The smallest absolute Gasteiger partial charge is 0.323 e. The van der Waals surface area contributed by atoms with Crippen molar-refractivity contribution >= 4 is 23.3 Å². The summed E-state index contributed by atoms with van der Waals surface area (Å²) in [4.78, 5) is 59.1. The molecule has 2 aromatic heterocycles. The maximum Gasteiger partial charge on any atom is 0.323 e. The largest absolute Gasteiger partial charge is 0.459 e. The Hall–Kier alpha value is -3.26. The molecule has 0 radical (unpaired) electrons. The first-order valence-corrected chi connectivity index (χ1v) is 9.63. The molecule has 0 spiro atoms. The summed E-state index contributed by atoms with van der Waals surface area (Å²) in [6.45, 7) is 6.81. The van der Waals surface area contributed by atoms with Gasteiger partial charge in [0.05, 0.1) is 11.1 Å². The van der Waals surface area contributed by atoms with Crippen molar-refractivity contribution in [1.82, 2.24) is 9.97 Å². The van der Waals surface area contributed by atoms with E-state index >= 15 is 0 Å². The first-order chi connectivity index (χ1) is 14.0. The summed E-state index contributed by atoms with van der Waals surface area (Å²) in [7, 11) is 0. The standard InChI is InChI=1S/C22H23N3O5/c1-5-15(26)13-10-25-18-16(12(13)9-14(23)21(29)30-22(2,3)4)19(27)11-7-6-8-24-17(11)20(18)28/h6-8,10,14H,5,9,23H2,1-4H3. The Balaban J connectivity index is 2.14. The number of ketones is 3. The molecule has 2 N–H and O–H groups in total. The van der Waals surface area contributed by atoms with Crippen LogP contribution in [-0.4, -0.2) is 44.9 Å². The number of nitrogens with two attached hydrogens (primary N) is 1. The van der Waals surface area contributed by atoms with Crippen molar-refractivity contribution in [3.05, 3.63) is 58.2 Å². The minimum absolute atomic E-state index is 0.00110. The highest BCUT2D eigenvalue weighted by Gasteiger charge is 2.36. The van der Waals surface area contributed by atoms with E-state index < -0.39 is 29.2 Å². The molecule has 1 unspecified atom stereocenters. The molecule has 0 aliphatic heterocycles. The monoisotopic (exact) mass is 409 g/mol. The second-order valence-electron chi connectivity index (χ2n) is 8.05. The molecule has 2 aromatic rings. The molecular formula is C22H23N3O5. The Bertz CT molecular complexity index is 1070. The van der Waals surface area contributed by atoms with Gasteiger partial charge >= 0.3 is 5.97 Å². The van der Waals surface area contributed by atoms with Crippen LogP contribution < -0.4 is 5.73 Å². The number of hydrogen-bond acceptors (Lipinski definition) is 8. The van der Waals surface area contributed by atoms with Gasteiger partial charge in [0.15, 0.2) is 11.6 Å². The van der Waals surface area contributed by atoms with Gasteiger partial charge in [0.25, 0.3) is 0 Å². The number of fused-ring (bicyclic) bond motifs is 2. The van der Waals surface area contributed by atoms with Gasteiger partial charge < -0.3 is 10.5 Å². The van der Waals surface area contributed by atoms with Gasteiger partial charge in [0.2, 0.25) is 5.78 Å². The Labute approximate surface area is 173 Å². The molecule has 8 nitrogen and oxygen atoms in total. The second kappa shape index (κ2) is 7.87. The molecule has 0 bridgehead atoms. The number of pyridine rings is 2. The molecular weight excluding hydrogens is 386 g/mol. The normalized spacial score (nSPS) is 14.0. The Morgan fingerprint density at radius 2 is 1.83 bits per heavy atom. The Morgan fingerprint density at radius 1 is 1.13 bits per heavy atom. The fraction of sp³-hybridized carbons (Fsp3) is 0.364. The van der Waals surface area contributed by atoms with E-state index in [0.29, 0.717) is 0 Å². The maximum atomic E-state index is 13.2. The van der Waals surface area contributed by atoms with Crippen molar-refractivity contribution in [2.24, 2.45) is 5.73 Å². The van der Waals surface area contributed by atoms with E-state index in [2.05, 4.69) is 9.97 Å². The van der Waals surface area contributed by atoms with E-state index in [1.807, 2.05) is 0 Å². The van der Waals surface area contributed by atoms with Gasteiger partial charge in [-0.25, -0.2) is 0 Å². The second-order valence-corrected chi connectivity index (χ2v) is 8.05. The number of rotatable bonds is 5. The van der Waals surface area contributed by atoms with Gasteiger partial charge in [0, 0.05) is 24.4 Å². The van der Waals surface area contributed by atoms with Crippen LogP contribution in [0.4, 0.5) is 0 Å². The molecule has 8 heteroatoms. The summed E-state index contributed by atoms with van der Waals surface area (Å²) >= 11 is 0. The lowest BCUT2D eigenvalue weighted by molar-refractivity contribution is -0.156. The van der Waals surface area contributed by atoms with Gasteiger partial charge in [-0.15, -0.1) is 0 Å². The molecule has 2 heterocycles. The SMILES string of the molecule is CCC(=O)c1cnc2c(c1CC(N)C(=O)OC(C)(C)C)C(=O)c1cccnc1C2=O. The molecule has 1 aliphatic carbocycles. The number of ether oxygens (including phenoxy) is 1. The van der Waals surface area contributed by atoms with E-state index in [1.165, 1.54) is 18.5 Å². The molecule has 1 aliphatic rings. The van der Waals surface area contributed by atoms with Crippen molar-refractivity contribution in [3.8, 4) is 0 Å². The van der Waals surface area contributed by atoms with Gasteiger partial charge in [-0.3, -0.25) is 29.1 Å². The Kier molecular flexibility index (Phi) is 5.63. The van der Waals surface area contributed by atoms with Crippen LogP contribution in [-0.2, 0) is 16.0 Å².